The molecule has 1 rings (SSSR count). The van der Waals surface area contributed by atoms with Gasteiger partial charge in [-0.25, -0.2) is 4.98 Å². The lowest BCUT2D eigenvalue weighted by Crippen LogP contribution is -2.07. The van der Waals surface area contributed by atoms with Crippen molar-refractivity contribution in [2.45, 2.75) is 52.9 Å². The lowest BCUT2D eigenvalue weighted by atomic mass is 10.3. The summed E-state index contributed by atoms with van der Waals surface area (Å²) >= 11 is 0. The Kier molecular flexibility index (Phi) is 7.14. The Balaban J connectivity index is 2.58. The lowest BCUT2D eigenvalue weighted by molar-refractivity contribution is 0.293. The van der Waals surface area contributed by atoms with Crippen LogP contribution in [-0.2, 0) is 6.42 Å². The fourth-order valence-electron chi connectivity index (χ4n) is 1.58. The SMILES string of the molecule is CCCCCOc1cc(NCCC)nc(CC)n1. The van der Waals surface area contributed by atoms with Crippen molar-refractivity contribution in [2.24, 2.45) is 0 Å². The minimum atomic E-state index is 0.691. The van der Waals surface area contributed by atoms with Crippen LogP contribution in [0.2, 0.25) is 0 Å². The zero-order valence-electron chi connectivity index (χ0n) is 11.8. The summed E-state index contributed by atoms with van der Waals surface area (Å²) in [7, 11) is 0. The van der Waals surface area contributed by atoms with E-state index in [1.807, 2.05) is 6.07 Å². The standard InChI is InChI=1S/C14H25N3O/c1-4-7-8-10-18-14-11-13(15-9-5-2)16-12(6-3)17-14/h11H,4-10H2,1-3H3,(H,15,16,17). The zero-order chi connectivity index (χ0) is 13.2. The molecule has 0 unspecified atom stereocenters. The molecule has 0 saturated heterocycles. The molecule has 0 bridgehead atoms. The number of nitrogens with one attached hydrogen (secondary N) is 1. The highest BCUT2D eigenvalue weighted by atomic mass is 16.5. The molecule has 0 aliphatic carbocycles. The van der Waals surface area contributed by atoms with E-state index in [0.717, 1.165) is 44.1 Å². The van der Waals surface area contributed by atoms with Crippen molar-refractivity contribution in [3.8, 4) is 5.88 Å². The van der Waals surface area contributed by atoms with Gasteiger partial charge in [0.15, 0.2) is 0 Å². The summed E-state index contributed by atoms with van der Waals surface area (Å²) in [5, 5.41) is 3.28. The normalized spacial score (nSPS) is 10.4. The van der Waals surface area contributed by atoms with Crippen LogP contribution < -0.4 is 10.1 Å². The summed E-state index contributed by atoms with van der Waals surface area (Å²) < 4.78 is 5.68. The third kappa shape index (κ3) is 5.34. The minimum absolute atomic E-state index is 0.691. The molecule has 0 radical (unpaired) electrons. The van der Waals surface area contributed by atoms with Gasteiger partial charge in [-0.05, 0) is 12.8 Å². The number of nitrogens with zero attached hydrogens (tertiary/aromatic N) is 2. The molecule has 0 aliphatic heterocycles. The molecule has 18 heavy (non-hydrogen) atoms. The van der Waals surface area contributed by atoms with E-state index in [2.05, 4.69) is 36.1 Å². The fraction of sp³-hybridized carbons (Fsp3) is 0.714. The van der Waals surface area contributed by atoms with Crippen LogP contribution in [0.15, 0.2) is 6.07 Å². The number of rotatable bonds is 9. The topological polar surface area (TPSA) is 47.0 Å². The van der Waals surface area contributed by atoms with E-state index in [1.54, 1.807) is 0 Å². The zero-order valence-corrected chi connectivity index (χ0v) is 11.8. The van der Waals surface area contributed by atoms with Gasteiger partial charge in [-0.3, -0.25) is 0 Å². The van der Waals surface area contributed by atoms with Crippen molar-refractivity contribution in [1.82, 2.24) is 9.97 Å². The van der Waals surface area contributed by atoms with Gasteiger partial charge >= 0.3 is 0 Å². The maximum absolute atomic E-state index is 5.68. The van der Waals surface area contributed by atoms with Crippen molar-refractivity contribution in [2.75, 3.05) is 18.5 Å². The molecule has 0 atom stereocenters. The van der Waals surface area contributed by atoms with Crippen molar-refractivity contribution in [3.63, 3.8) is 0 Å². The first-order valence-electron chi connectivity index (χ1n) is 7.04. The van der Waals surface area contributed by atoms with Gasteiger partial charge in [0.05, 0.1) is 6.61 Å². The predicted molar refractivity (Wildman–Crippen MR) is 75.2 cm³/mol. The quantitative estimate of drug-likeness (QED) is 0.683. The Hall–Kier alpha value is -1.32. The largest absolute Gasteiger partial charge is 0.478 e. The van der Waals surface area contributed by atoms with Crippen LogP contribution in [0.5, 0.6) is 5.88 Å². The van der Waals surface area contributed by atoms with E-state index in [1.165, 1.54) is 12.8 Å². The summed E-state index contributed by atoms with van der Waals surface area (Å²) in [4.78, 5) is 8.82. The van der Waals surface area contributed by atoms with Crippen LogP contribution in [-0.4, -0.2) is 23.1 Å². The van der Waals surface area contributed by atoms with Gasteiger partial charge in [0, 0.05) is 19.0 Å². The molecule has 1 heterocycles. The van der Waals surface area contributed by atoms with Gasteiger partial charge in [-0.1, -0.05) is 33.6 Å². The molecule has 0 spiro atoms. The van der Waals surface area contributed by atoms with Gasteiger partial charge in [-0.2, -0.15) is 4.98 Å². The number of hydrogen-bond donors (Lipinski definition) is 1. The van der Waals surface area contributed by atoms with Crippen LogP contribution in [0.3, 0.4) is 0 Å². The maximum Gasteiger partial charge on any atom is 0.218 e. The number of aromatic nitrogens is 2. The van der Waals surface area contributed by atoms with Crippen LogP contribution in [0.4, 0.5) is 5.82 Å². The number of anilines is 1. The average Bonchev–Trinajstić information content (AvgIpc) is 2.41. The first-order valence-corrected chi connectivity index (χ1v) is 7.04. The third-order valence-electron chi connectivity index (χ3n) is 2.62. The van der Waals surface area contributed by atoms with E-state index in [-0.39, 0.29) is 0 Å². The molecule has 4 nitrogen and oxygen atoms in total. The van der Waals surface area contributed by atoms with Crippen LogP contribution in [0.25, 0.3) is 0 Å². The second-order valence-corrected chi connectivity index (χ2v) is 4.34. The third-order valence-corrected chi connectivity index (χ3v) is 2.62. The highest BCUT2D eigenvalue weighted by Gasteiger charge is 2.04. The minimum Gasteiger partial charge on any atom is -0.478 e. The van der Waals surface area contributed by atoms with Crippen molar-refractivity contribution < 1.29 is 4.74 Å². The lowest BCUT2D eigenvalue weighted by Gasteiger charge is -2.09. The Bertz CT molecular complexity index is 342. The summed E-state index contributed by atoms with van der Waals surface area (Å²) in [5.74, 6) is 2.40. The first kappa shape index (κ1) is 14.7. The Morgan fingerprint density at radius 3 is 2.61 bits per heavy atom. The number of unbranched alkanes of at least 4 members (excludes halogenated alkanes) is 2. The second-order valence-electron chi connectivity index (χ2n) is 4.34. The summed E-state index contributed by atoms with van der Waals surface area (Å²) in [5.41, 5.74) is 0. The van der Waals surface area contributed by atoms with Gasteiger partial charge in [-0.15, -0.1) is 0 Å². The second kappa shape index (κ2) is 8.72. The van der Waals surface area contributed by atoms with Crippen molar-refractivity contribution in [3.05, 3.63) is 11.9 Å². The molecular weight excluding hydrogens is 226 g/mol. The number of aryl methyl sites for hydroxylation is 1. The molecule has 1 aromatic rings. The van der Waals surface area contributed by atoms with E-state index in [0.29, 0.717) is 5.88 Å². The molecule has 0 saturated carbocycles. The molecular formula is C14H25N3O. The summed E-state index contributed by atoms with van der Waals surface area (Å²) in [6.45, 7) is 8.04. The van der Waals surface area contributed by atoms with Gasteiger partial charge in [0.25, 0.3) is 0 Å². The average molecular weight is 251 g/mol. The van der Waals surface area contributed by atoms with E-state index in [9.17, 15) is 0 Å². The Morgan fingerprint density at radius 1 is 1.11 bits per heavy atom. The van der Waals surface area contributed by atoms with E-state index >= 15 is 0 Å². The first-order chi connectivity index (χ1) is 8.80. The summed E-state index contributed by atoms with van der Waals surface area (Å²) in [6, 6.07) is 1.89. The van der Waals surface area contributed by atoms with Crippen molar-refractivity contribution >= 4 is 5.82 Å². The molecule has 1 aromatic heterocycles. The van der Waals surface area contributed by atoms with Gasteiger partial charge < -0.3 is 10.1 Å². The molecule has 0 aromatic carbocycles. The maximum atomic E-state index is 5.68. The molecule has 0 fully saturated rings. The van der Waals surface area contributed by atoms with E-state index < -0.39 is 0 Å². The Morgan fingerprint density at radius 2 is 1.94 bits per heavy atom. The molecule has 1 N–H and O–H groups in total. The van der Waals surface area contributed by atoms with Gasteiger partial charge in [0.2, 0.25) is 5.88 Å². The van der Waals surface area contributed by atoms with Crippen LogP contribution >= 0.6 is 0 Å². The predicted octanol–water partition coefficient (Wildman–Crippen LogP) is 3.43. The Labute approximate surface area is 110 Å². The van der Waals surface area contributed by atoms with E-state index in [4.69, 9.17) is 4.74 Å². The van der Waals surface area contributed by atoms with Gasteiger partial charge in [0.1, 0.15) is 11.6 Å². The van der Waals surface area contributed by atoms with Crippen molar-refractivity contribution in [1.29, 1.82) is 0 Å². The van der Waals surface area contributed by atoms with Crippen LogP contribution in [0, 0.1) is 0 Å². The molecule has 0 aliphatic rings. The number of ether oxygens (including phenoxy) is 1. The molecule has 0 amide bonds. The summed E-state index contributed by atoms with van der Waals surface area (Å²) in [6.07, 6.45) is 5.40. The fourth-order valence-corrected chi connectivity index (χ4v) is 1.58. The molecule has 4 heteroatoms. The number of hydrogen-bond acceptors (Lipinski definition) is 4. The molecule has 102 valence electrons. The monoisotopic (exact) mass is 251 g/mol. The highest BCUT2D eigenvalue weighted by Crippen LogP contribution is 2.14. The highest BCUT2D eigenvalue weighted by molar-refractivity contribution is 5.38. The smallest absolute Gasteiger partial charge is 0.218 e. The van der Waals surface area contributed by atoms with Crippen LogP contribution in [0.1, 0.15) is 52.3 Å².